The molecule has 0 unspecified atom stereocenters. The van der Waals surface area contributed by atoms with Crippen LogP contribution in [0.3, 0.4) is 0 Å². The number of allylic oxidation sites excluding steroid dienone is 2. The van der Waals surface area contributed by atoms with Gasteiger partial charge in [-0.2, -0.15) is 57.1 Å². The van der Waals surface area contributed by atoms with Crippen LogP contribution in [0.25, 0.3) is 0 Å². The first-order valence-corrected chi connectivity index (χ1v) is 4.57. The lowest BCUT2D eigenvalue weighted by molar-refractivity contribution is -0.393. The van der Waals surface area contributed by atoms with Crippen LogP contribution in [0.5, 0.6) is 0 Å². The molecule has 0 aliphatic rings. The van der Waals surface area contributed by atoms with Crippen molar-refractivity contribution in [2.45, 2.75) is 30.1 Å². The molecule has 0 atom stereocenters. The number of halogens is 13. The molecule has 0 bridgehead atoms. The van der Waals surface area contributed by atoms with E-state index < -0.39 is 41.7 Å². The van der Waals surface area contributed by atoms with E-state index in [1.165, 1.54) is 0 Å². The minimum Gasteiger partial charge on any atom is -0.492 e. The number of rotatable bonds is 4. The molecule has 14 heteroatoms. The van der Waals surface area contributed by atoms with Gasteiger partial charge in [0, 0.05) is 0 Å². The fraction of sp³-hybridized carbons (Fsp3) is 0.750. The van der Waals surface area contributed by atoms with Gasteiger partial charge in [-0.25, -0.2) is 0 Å². The van der Waals surface area contributed by atoms with Crippen molar-refractivity contribution in [3.8, 4) is 0 Å². The highest BCUT2D eigenvalue weighted by atomic mass is 19.4. The van der Waals surface area contributed by atoms with Crippen molar-refractivity contribution in [1.29, 1.82) is 0 Å². The molecule has 0 fully saturated rings. The van der Waals surface area contributed by atoms with Crippen molar-refractivity contribution in [3.05, 3.63) is 11.6 Å². The molecule has 0 saturated carbocycles. The van der Waals surface area contributed by atoms with E-state index in [1.807, 2.05) is 0 Å². The third kappa shape index (κ3) is 3.04. The van der Waals surface area contributed by atoms with Gasteiger partial charge in [-0.3, -0.25) is 0 Å². The lowest BCUT2D eigenvalue weighted by Gasteiger charge is -2.34. The summed E-state index contributed by atoms with van der Waals surface area (Å²) in [6.45, 7) is 0. The number of methoxy groups -OCH3 is 1. The molecular formula is C8H3F13O. The Balaban J connectivity index is 6.33. The van der Waals surface area contributed by atoms with E-state index >= 15 is 0 Å². The van der Waals surface area contributed by atoms with Crippen LogP contribution in [0, 0.1) is 0 Å². The SMILES string of the molecule is CO/C(=C(/F)C(F)(F)F)C(F)(F)C(F)(F)C(F)(F)C(F)(F)F. The highest BCUT2D eigenvalue weighted by Gasteiger charge is 2.83. The molecule has 0 amide bonds. The Hall–Kier alpha value is -1.37. The Kier molecular flexibility index (Phi) is 5.03. The number of alkyl halides is 12. The van der Waals surface area contributed by atoms with Crippen LogP contribution in [-0.4, -0.2) is 37.2 Å². The first-order valence-electron chi connectivity index (χ1n) is 4.57. The zero-order valence-corrected chi connectivity index (χ0v) is 9.82. The maximum atomic E-state index is 13.0. The average Bonchev–Trinajstić information content (AvgIpc) is 2.25. The Bertz CT molecular complexity index is 440. The van der Waals surface area contributed by atoms with Gasteiger partial charge in [-0.1, -0.05) is 0 Å². The Labute approximate surface area is 112 Å². The highest BCUT2D eigenvalue weighted by molar-refractivity contribution is 5.21. The summed E-state index contributed by atoms with van der Waals surface area (Å²) in [7, 11) is -0.254. The molecule has 0 N–H and O–H groups in total. The third-order valence-corrected chi connectivity index (χ3v) is 2.08. The third-order valence-electron chi connectivity index (χ3n) is 2.08. The second-order valence-corrected chi connectivity index (χ2v) is 3.57. The smallest absolute Gasteiger partial charge is 0.460 e. The van der Waals surface area contributed by atoms with Crippen molar-refractivity contribution in [2.24, 2.45) is 0 Å². The molecule has 0 aliphatic carbocycles. The lowest BCUT2D eigenvalue weighted by Crippen LogP contribution is -2.61. The molecule has 1 nitrogen and oxygen atoms in total. The maximum Gasteiger partial charge on any atom is 0.460 e. The molecule has 0 radical (unpaired) electrons. The number of hydrogen-bond acceptors (Lipinski definition) is 1. The topological polar surface area (TPSA) is 9.23 Å². The second kappa shape index (κ2) is 5.37. The van der Waals surface area contributed by atoms with E-state index in [0.717, 1.165) is 0 Å². The largest absolute Gasteiger partial charge is 0.492 e. The van der Waals surface area contributed by atoms with Crippen LogP contribution in [0.4, 0.5) is 57.1 Å². The van der Waals surface area contributed by atoms with Crippen molar-refractivity contribution < 1.29 is 61.8 Å². The van der Waals surface area contributed by atoms with E-state index in [1.54, 1.807) is 0 Å². The lowest BCUT2D eigenvalue weighted by atomic mass is 10.0. The molecule has 0 rings (SSSR count). The Morgan fingerprint density at radius 1 is 0.682 bits per heavy atom. The van der Waals surface area contributed by atoms with Gasteiger partial charge in [-0.15, -0.1) is 0 Å². The summed E-state index contributed by atoms with van der Waals surface area (Å²) < 4.78 is 163. The van der Waals surface area contributed by atoms with Gasteiger partial charge in [0.25, 0.3) is 0 Å². The molecule has 0 saturated heterocycles. The standard InChI is InChI=1S/C8H3F13O/c1-22-3(2(9)5(12,13)14)4(10,11)6(15,16)7(17,18)8(19,20)21/h1H3/b3-2+. The predicted molar refractivity (Wildman–Crippen MR) is 42.1 cm³/mol. The average molecular weight is 362 g/mol. The minimum absolute atomic E-state index is 0.254. The molecule has 0 aromatic heterocycles. The van der Waals surface area contributed by atoms with Crippen LogP contribution in [0.15, 0.2) is 11.6 Å². The van der Waals surface area contributed by atoms with Gasteiger partial charge in [0.05, 0.1) is 7.11 Å². The van der Waals surface area contributed by atoms with Crippen LogP contribution < -0.4 is 0 Å². The van der Waals surface area contributed by atoms with Crippen molar-refractivity contribution in [2.75, 3.05) is 7.11 Å². The summed E-state index contributed by atoms with van der Waals surface area (Å²) in [6, 6.07) is 0. The summed E-state index contributed by atoms with van der Waals surface area (Å²) in [4.78, 5) is 0. The molecule has 0 aromatic rings. The first-order chi connectivity index (χ1) is 9.35. The quantitative estimate of drug-likeness (QED) is 0.514. The molecule has 0 heterocycles. The van der Waals surface area contributed by atoms with Crippen LogP contribution in [-0.2, 0) is 4.74 Å². The molecule has 22 heavy (non-hydrogen) atoms. The fourth-order valence-electron chi connectivity index (χ4n) is 1.00. The fourth-order valence-corrected chi connectivity index (χ4v) is 1.00. The molecule has 132 valence electrons. The predicted octanol–water partition coefficient (Wildman–Crippen LogP) is 4.84. The van der Waals surface area contributed by atoms with Gasteiger partial charge >= 0.3 is 30.1 Å². The van der Waals surface area contributed by atoms with Crippen molar-refractivity contribution in [3.63, 3.8) is 0 Å². The monoisotopic (exact) mass is 362 g/mol. The second-order valence-electron chi connectivity index (χ2n) is 3.57. The highest BCUT2D eigenvalue weighted by Crippen LogP contribution is 2.56. The van der Waals surface area contributed by atoms with Gasteiger partial charge in [0.2, 0.25) is 11.6 Å². The molecular weight excluding hydrogens is 359 g/mol. The number of hydrogen-bond donors (Lipinski definition) is 0. The van der Waals surface area contributed by atoms with Crippen molar-refractivity contribution in [1.82, 2.24) is 0 Å². The summed E-state index contributed by atoms with van der Waals surface area (Å²) in [6.07, 6.45) is -13.6. The van der Waals surface area contributed by atoms with Crippen molar-refractivity contribution >= 4 is 0 Å². The molecule has 0 aromatic carbocycles. The molecule has 0 aliphatic heterocycles. The Morgan fingerprint density at radius 3 is 1.27 bits per heavy atom. The summed E-state index contributed by atoms with van der Waals surface area (Å²) in [5.74, 6) is -29.7. The van der Waals surface area contributed by atoms with E-state index in [0.29, 0.717) is 0 Å². The zero-order valence-electron chi connectivity index (χ0n) is 9.82. The Morgan fingerprint density at radius 2 is 1.05 bits per heavy atom. The maximum absolute atomic E-state index is 13.0. The summed E-state index contributed by atoms with van der Waals surface area (Å²) in [5, 5.41) is 0. The van der Waals surface area contributed by atoms with Gasteiger partial charge in [0.15, 0.2) is 0 Å². The van der Waals surface area contributed by atoms with E-state index in [9.17, 15) is 57.1 Å². The van der Waals surface area contributed by atoms with E-state index in [4.69, 9.17) is 0 Å². The van der Waals surface area contributed by atoms with E-state index in [2.05, 4.69) is 4.74 Å². The van der Waals surface area contributed by atoms with Crippen LogP contribution in [0.2, 0.25) is 0 Å². The normalized spacial score (nSPS) is 16.5. The van der Waals surface area contributed by atoms with Crippen LogP contribution in [0.1, 0.15) is 0 Å². The summed E-state index contributed by atoms with van der Waals surface area (Å²) >= 11 is 0. The zero-order chi connectivity index (χ0) is 18.4. The van der Waals surface area contributed by atoms with Gasteiger partial charge in [0.1, 0.15) is 0 Å². The first kappa shape index (κ1) is 20.6. The van der Waals surface area contributed by atoms with Gasteiger partial charge in [-0.05, 0) is 0 Å². The van der Waals surface area contributed by atoms with Gasteiger partial charge < -0.3 is 4.74 Å². The number of ether oxygens (including phenoxy) is 1. The van der Waals surface area contributed by atoms with Crippen LogP contribution >= 0.6 is 0 Å². The summed E-state index contributed by atoms with van der Waals surface area (Å²) in [5.41, 5.74) is 0. The van der Waals surface area contributed by atoms with E-state index in [-0.39, 0.29) is 7.11 Å². The molecule has 0 spiro atoms. The minimum atomic E-state index is -7.47.